The summed E-state index contributed by atoms with van der Waals surface area (Å²) in [5.74, 6) is -0.692. The first-order valence-corrected chi connectivity index (χ1v) is 6.11. The van der Waals surface area contributed by atoms with Crippen molar-refractivity contribution in [2.75, 3.05) is 19.6 Å². The first-order valence-electron chi connectivity index (χ1n) is 6.11. The second kappa shape index (κ2) is 5.46. The van der Waals surface area contributed by atoms with Crippen LogP contribution in [-0.2, 0) is 4.79 Å². The number of likely N-dealkylation sites (tertiary alicyclic amines) is 1. The third-order valence-electron chi connectivity index (χ3n) is 3.55. The van der Waals surface area contributed by atoms with Crippen LogP contribution in [-0.4, -0.2) is 30.4 Å². The van der Waals surface area contributed by atoms with Crippen LogP contribution >= 0.6 is 0 Å². The molecule has 98 valence electrons. The predicted octanol–water partition coefficient (Wildman–Crippen LogP) is 0.633. The van der Waals surface area contributed by atoms with E-state index in [4.69, 9.17) is 11.5 Å². The molecule has 0 radical (unpaired) electrons. The molecule has 1 heterocycles. The average Bonchev–Trinajstić information content (AvgIpc) is 2.82. The zero-order valence-electron chi connectivity index (χ0n) is 10.2. The number of carbonyl (C=O) groups is 1. The molecule has 2 atom stereocenters. The molecule has 1 amide bonds. The van der Waals surface area contributed by atoms with Gasteiger partial charge in [-0.15, -0.1) is 0 Å². The maximum absolute atomic E-state index is 13.8. The van der Waals surface area contributed by atoms with Crippen LogP contribution in [0.4, 0.5) is 4.39 Å². The number of nitrogens with zero attached hydrogens (tertiary/aromatic N) is 1. The quantitative estimate of drug-likeness (QED) is 0.824. The molecule has 1 aromatic rings. The number of rotatable bonds is 4. The monoisotopic (exact) mass is 251 g/mol. The lowest BCUT2D eigenvalue weighted by Crippen LogP contribution is -2.34. The van der Waals surface area contributed by atoms with Crippen molar-refractivity contribution in [2.24, 2.45) is 17.4 Å². The molecule has 0 aromatic heterocycles. The highest BCUT2D eigenvalue weighted by Gasteiger charge is 2.32. The number of benzene rings is 1. The largest absolute Gasteiger partial charge is 0.369 e. The lowest BCUT2D eigenvalue weighted by molar-refractivity contribution is -0.121. The third kappa shape index (κ3) is 2.52. The van der Waals surface area contributed by atoms with Gasteiger partial charge in [0.2, 0.25) is 5.91 Å². The third-order valence-corrected chi connectivity index (χ3v) is 3.55. The van der Waals surface area contributed by atoms with E-state index in [1.165, 1.54) is 6.07 Å². The average molecular weight is 251 g/mol. The van der Waals surface area contributed by atoms with Gasteiger partial charge in [-0.1, -0.05) is 18.2 Å². The minimum atomic E-state index is -0.290. The van der Waals surface area contributed by atoms with Crippen LogP contribution in [0, 0.1) is 11.7 Å². The molecule has 1 aliphatic heterocycles. The van der Waals surface area contributed by atoms with E-state index in [1.54, 1.807) is 18.2 Å². The van der Waals surface area contributed by atoms with Gasteiger partial charge >= 0.3 is 0 Å². The number of hydrogen-bond acceptors (Lipinski definition) is 3. The molecule has 5 heteroatoms. The SMILES string of the molecule is NCC(c1ccccc1F)N1CCC(C(N)=O)C1. The Balaban J connectivity index is 2.16. The van der Waals surface area contributed by atoms with E-state index in [0.29, 0.717) is 18.7 Å². The first kappa shape index (κ1) is 13.0. The van der Waals surface area contributed by atoms with E-state index in [-0.39, 0.29) is 23.7 Å². The molecule has 18 heavy (non-hydrogen) atoms. The summed E-state index contributed by atoms with van der Waals surface area (Å²) >= 11 is 0. The highest BCUT2D eigenvalue weighted by atomic mass is 19.1. The molecule has 0 aliphatic carbocycles. The maximum atomic E-state index is 13.8. The molecule has 2 unspecified atom stereocenters. The Bertz CT molecular complexity index is 438. The van der Waals surface area contributed by atoms with Gasteiger partial charge in [0.05, 0.1) is 5.92 Å². The smallest absolute Gasteiger partial charge is 0.221 e. The van der Waals surface area contributed by atoms with E-state index in [0.717, 1.165) is 13.0 Å². The Morgan fingerprint density at radius 1 is 1.50 bits per heavy atom. The van der Waals surface area contributed by atoms with Gasteiger partial charge in [-0.05, 0) is 19.0 Å². The van der Waals surface area contributed by atoms with E-state index in [9.17, 15) is 9.18 Å². The summed E-state index contributed by atoms with van der Waals surface area (Å²) in [6.07, 6.45) is 0.723. The number of hydrogen-bond donors (Lipinski definition) is 2. The van der Waals surface area contributed by atoms with Gasteiger partial charge in [0.1, 0.15) is 5.82 Å². The zero-order chi connectivity index (χ0) is 13.1. The minimum Gasteiger partial charge on any atom is -0.369 e. The maximum Gasteiger partial charge on any atom is 0.221 e. The topological polar surface area (TPSA) is 72.3 Å². The minimum absolute atomic E-state index is 0.147. The van der Waals surface area contributed by atoms with Crippen molar-refractivity contribution in [1.82, 2.24) is 4.90 Å². The van der Waals surface area contributed by atoms with Gasteiger partial charge in [0.25, 0.3) is 0 Å². The highest BCUT2D eigenvalue weighted by molar-refractivity contribution is 5.77. The summed E-state index contributed by atoms with van der Waals surface area (Å²) < 4.78 is 13.8. The van der Waals surface area contributed by atoms with Crippen molar-refractivity contribution in [3.8, 4) is 0 Å². The molecule has 1 fully saturated rings. The van der Waals surface area contributed by atoms with Gasteiger partial charge in [-0.25, -0.2) is 4.39 Å². The van der Waals surface area contributed by atoms with Crippen molar-refractivity contribution in [3.63, 3.8) is 0 Å². The number of amides is 1. The molecule has 4 N–H and O–H groups in total. The van der Waals surface area contributed by atoms with Crippen LogP contribution in [0.1, 0.15) is 18.0 Å². The Labute approximate surface area is 106 Å². The molecule has 0 bridgehead atoms. The van der Waals surface area contributed by atoms with Crippen LogP contribution in [0.5, 0.6) is 0 Å². The van der Waals surface area contributed by atoms with E-state index in [2.05, 4.69) is 0 Å². The van der Waals surface area contributed by atoms with E-state index < -0.39 is 0 Å². The fraction of sp³-hybridized carbons (Fsp3) is 0.462. The van der Waals surface area contributed by atoms with Gasteiger partial charge in [-0.3, -0.25) is 9.69 Å². The van der Waals surface area contributed by atoms with E-state index in [1.807, 2.05) is 4.90 Å². The van der Waals surface area contributed by atoms with Crippen LogP contribution < -0.4 is 11.5 Å². The summed E-state index contributed by atoms with van der Waals surface area (Å²) in [4.78, 5) is 13.2. The Morgan fingerprint density at radius 2 is 2.22 bits per heavy atom. The summed E-state index contributed by atoms with van der Waals surface area (Å²) in [5, 5.41) is 0. The standard InChI is InChI=1S/C13H18FN3O/c14-11-4-2-1-3-10(11)12(7-15)17-6-5-9(8-17)13(16)18/h1-4,9,12H,5-8,15H2,(H2,16,18). The first-order chi connectivity index (χ1) is 8.63. The summed E-state index contributed by atoms with van der Waals surface area (Å²) in [5.41, 5.74) is 11.6. The molecular weight excluding hydrogens is 233 g/mol. The second-order valence-corrected chi connectivity index (χ2v) is 4.66. The van der Waals surface area contributed by atoms with Crippen molar-refractivity contribution in [1.29, 1.82) is 0 Å². The van der Waals surface area contributed by atoms with Crippen LogP contribution in [0.2, 0.25) is 0 Å². The number of carbonyl (C=O) groups excluding carboxylic acids is 1. The summed E-state index contributed by atoms with van der Waals surface area (Å²) in [6.45, 7) is 1.61. The Morgan fingerprint density at radius 3 is 2.78 bits per heavy atom. The number of halogens is 1. The molecule has 4 nitrogen and oxygen atoms in total. The summed E-state index contributed by atoms with van der Waals surface area (Å²) in [6, 6.07) is 6.44. The lowest BCUT2D eigenvalue weighted by Gasteiger charge is -2.27. The molecular formula is C13H18FN3O. The van der Waals surface area contributed by atoms with Crippen LogP contribution in [0.15, 0.2) is 24.3 Å². The number of nitrogens with two attached hydrogens (primary N) is 2. The van der Waals surface area contributed by atoms with Crippen molar-refractivity contribution in [3.05, 3.63) is 35.6 Å². The van der Waals surface area contributed by atoms with E-state index >= 15 is 0 Å². The van der Waals surface area contributed by atoms with Crippen LogP contribution in [0.25, 0.3) is 0 Å². The molecule has 1 aromatic carbocycles. The second-order valence-electron chi connectivity index (χ2n) is 4.66. The van der Waals surface area contributed by atoms with Crippen LogP contribution in [0.3, 0.4) is 0 Å². The van der Waals surface area contributed by atoms with Crippen molar-refractivity contribution < 1.29 is 9.18 Å². The molecule has 1 saturated heterocycles. The Hall–Kier alpha value is -1.46. The molecule has 0 saturated carbocycles. The fourth-order valence-electron chi connectivity index (χ4n) is 2.52. The molecule has 2 rings (SSSR count). The van der Waals surface area contributed by atoms with Crippen molar-refractivity contribution in [2.45, 2.75) is 12.5 Å². The Kier molecular flexibility index (Phi) is 3.93. The normalized spacial score (nSPS) is 22.0. The molecule has 0 spiro atoms. The molecule has 1 aliphatic rings. The summed E-state index contributed by atoms with van der Waals surface area (Å²) in [7, 11) is 0. The van der Waals surface area contributed by atoms with Gasteiger partial charge < -0.3 is 11.5 Å². The van der Waals surface area contributed by atoms with Gasteiger partial charge in [-0.2, -0.15) is 0 Å². The zero-order valence-corrected chi connectivity index (χ0v) is 10.2. The van der Waals surface area contributed by atoms with Gasteiger partial charge in [0.15, 0.2) is 0 Å². The highest BCUT2D eigenvalue weighted by Crippen LogP contribution is 2.28. The predicted molar refractivity (Wildman–Crippen MR) is 67.1 cm³/mol. The van der Waals surface area contributed by atoms with Gasteiger partial charge in [0, 0.05) is 24.7 Å². The van der Waals surface area contributed by atoms with Crippen molar-refractivity contribution >= 4 is 5.91 Å². The lowest BCUT2D eigenvalue weighted by atomic mass is 10.0. The fourth-order valence-corrected chi connectivity index (χ4v) is 2.52. The number of primary amides is 1.